The monoisotopic (exact) mass is 278 g/mol. The highest BCUT2D eigenvalue weighted by atomic mass is 19.1. The van der Waals surface area contributed by atoms with Gasteiger partial charge in [0.15, 0.2) is 0 Å². The molecule has 0 aliphatic carbocycles. The summed E-state index contributed by atoms with van der Waals surface area (Å²) in [5, 5.41) is 12.2. The van der Waals surface area contributed by atoms with Crippen LogP contribution in [0.15, 0.2) is 23.4 Å². The van der Waals surface area contributed by atoms with E-state index in [2.05, 4.69) is 5.16 Å². The van der Waals surface area contributed by atoms with Gasteiger partial charge in [-0.15, -0.1) is 0 Å². The summed E-state index contributed by atoms with van der Waals surface area (Å²) in [4.78, 5) is 14.0. The van der Waals surface area contributed by atoms with Crippen molar-refractivity contribution in [1.82, 2.24) is 4.90 Å². The van der Waals surface area contributed by atoms with Crippen molar-refractivity contribution < 1.29 is 14.4 Å². The number of rotatable bonds is 2. The molecule has 5 heteroatoms. The summed E-state index contributed by atoms with van der Waals surface area (Å²) in [5.74, 6) is -0.728. The van der Waals surface area contributed by atoms with Crippen LogP contribution in [-0.2, 0) is 0 Å². The lowest BCUT2D eigenvalue weighted by molar-refractivity contribution is 0.0724. The van der Waals surface area contributed by atoms with Crippen molar-refractivity contribution >= 4 is 11.6 Å². The molecule has 1 aliphatic heterocycles. The Hall–Kier alpha value is -1.91. The van der Waals surface area contributed by atoms with Crippen molar-refractivity contribution in [3.05, 3.63) is 35.1 Å². The molecule has 1 amide bonds. The molecule has 1 heterocycles. The van der Waals surface area contributed by atoms with Crippen LogP contribution >= 0.6 is 0 Å². The molecule has 0 saturated carbocycles. The number of carbonyl (C=O) groups is 1. The molecule has 1 aliphatic rings. The highest BCUT2D eigenvalue weighted by molar-refractivity contribution is 5.96. The fourth-order valence-corrected chi connectivity index (χ4v) is 2.56. The van der Waals surface area contributed by atoms with Crippen LogP contribution in [-0.4, -0.2) is 34.8 Å². The second kappa shape index (κ2) is 6.03. The van der Waals surface area contributed by atoms with Crippen LogP contribution in [0, 0.1) is 18.7 Å². The second-order valence-electron chi connectivity index (χ2n) is 5.18. The number of carbonyl (C=O) groups excluding carboxylic acids is 1. The molecule has 2 rings (SSSR count). The van der Waals surface area contributed by atoms with Gasteiger partial charge in [-0.3, -0.25) is 4.79 Å². The molecule has 0 aromatic heterocycles. The van der Waals surface area contributed by atoms with Gasteiger partial charge in [0, 0.05) is 25.4 Å². The van der Waals surface area contributed by atoms with Gasteiger partial charge in [-0.1, -0.05) is 18.1 Å². The smallest absolute Gasteiger partial charge is 0.256 e. The molecule has 20 heavy (non-hydrogen) atoms. The Morgan fingerprint density at radius 2 is 2.30 bits per heavy atom. The van der Waals surface area contributed by atoms with Gasteiger partial charge in [0.2, 0.25) is 0 Å². The normalized spacial score (nSPS) is 21.2. The number of hydrogen-bond donors (Lipinski definition) is 1. The van der Waals surface area contributed by atoms with Crippen LogP contribution in [0.1, 0.15) is 35.7 Å². The van der Waals surface area contributed by atoms with Crippen molar-refractivity contribution in [3.8, 4) is 0 Å². The van der Waals surface area contributed by atoms with Crippen LogP contribution in [0.3, 0.4) is 0 Å². The first-order chi connectivity index (χ1) is 9.56. The third-order valence-corrected chi connectivity index (χ3v) is 3.81. The van der Waals surface area contributed by atoms with E-state index in [-0.39, 0.29) is 17.4 Å². The van der Waals surface area contributed by atoms with E-state index in [1.807, 2.05) is 6.92 Å². The molecule has 1 atom stereocenters. The summed E-state index contributed by atoms with van der Waals surface area (Å²) in [5.41, 5.74) is 1.62. The highest BCUT2D eigenvalue weighted by Gasteiger charge is 2.29. The number of nitrogens with zero attached hydrogens (tertiary/aromatic N) is 2. The summed E-state index contributed by atoms with van der Waals surface area (Å²) in [7, 11) is 0. The Kier molecular flexibility index (Phi) is 4.37. The minimum absolute atomic E-state index is 0.0474. The van der Waals surface area contributed by atoms with Crippen LogP contribution < -0.4 is 0 Å². The quantitative estimate of drug-likeness (QED) is 0.668. The topological polar surface area (TPSA) is 52.9 Å². The Balaban J connectivity index is 2.18. The van der Waals surface area contributed by atoms with E-state index >= 15 is 0 Å². The molecule has 1 aromatic carbocycles. The molecule has 0 spiro atoms. The Morgan fingerprint density at radius 3 is 2.90 bits per heavy atom. The first-order valence-electron chi connectivity index (χ1n) is 6.83. The largest absolute Gasteiger partial charge is 0.411 e. The molecule has 4 nitrogen and oxygen atoms in total. The predicted octanol–water partition coefficient (Wildman–Crippen LogP) is 2.84. The summed E-state index contributed by atoms with van der Waals surface area (Å²) in [6.45, 7) is 4.70. The SMILES string of the molecule is CCC1CN(C(=O)c2ccc(C)cc2F)CC/C1=N\O. The van der Waals surface area contributed by atoms with Gasteiger partial charge in [-0.25, -0.2) is 4.39 Å². The second-order valence-corrected chi connectivity index (χ2v) is 5.18. The number of halogens is 1. The van der Waals surface area contributed by atoms with Crippen molar-refractivity contribution in [2.24, 2.45) is 11.1 Å². The van der Waals surface area contributed by atoms with Crippen molar-refractivity contribution in [1.29, 1.82) is 0 Å². The van der Waals surface area contributed by atoms with Crippen LogP contribution in [0.4, 0.5) is 4.39 Å². The molecule has 1 fully saturated rings. The number of aryl methyl sites for hydroxylation is 1. The summed E-state index contributed by atoms with van der Waals surface area (Å²) < 4.78 is 13.9. The third kappa shape index (κ3) is 2.81. The van der Waals surface area contributed by atoms with Crippen LogP contribution in [0.5, 0.6) is 0 Å². The van der Waals surface area contributed by atoms with Gasteiger partial charge in [0.05, 0.1) is 11.3 Å². The molecule has 1 N–H and O–H groups in total. The van der Waals surface area contributed by atoms with E-state index in [1.54, 1.807) is 17.9 Å². The number of oxime groups is 1. The highest BCUT2D eigenvalue weighted by Crippen LogP contribution is 2.20. The van der Waals surface area contributed by atoms with Gasteiger partial charge < -0.3 is 10.1 Å². The minimum atomic E-state index is -0.482. The van der Waals surface area contributed by atoms with Gasteiger partial charge >= 0.3 is 0 Å². The molecular weight excluding hydrogens is 259 g/mol. The fourth-order valence-electron chi connectivity index (χ4n) is 2.56. The lowest BCUT2D eigenvalue weighted by Crippen LogP contribution is -2.44. The number of hydrogen-bond acceptors (Lipinski definition) is 3. The molecule has 108 valence electrons. The zero-order valence-electron chi connectivity index (χ0n) is 11.8. The Morgan fingerprint density at radius 1 is 1.55 bits per heavy atom. The van der Waals surface area contributed by atoms with Crippen molar-refractivity contribution in [2.75, 3.05) is 13.1 Å². The molecular formula is C15H19FN2O2. The third-order valence-electron chi connectivity index (χ3n) is 3.81. The molecule has 1 aromatic rings. The number of amides is 1. The van der Waals surface area contributed by atoms with Crippen molar-refractivity contribution in [3.63, 3.8) is 0 Å². The predicted molar refractivity (Wildman–Crippen MR) is 74.7 cm³/mol. The van der Waals surface area contributed by atoms with Crippen molar-refractivity contribution in [2.45, 2.75) is 26.7 Å². The van der Waals surface area contributed by atoms with Crippen LogP contribution in [0.25, 0.3) is 0 Å². The lowest BCUT2D eigenvalue weighted by atomic mass is 9.92. The van der Waals surface area contributed by atoms with E-state index in [9.17, 15) is 9.18 Å². The van der Waals surface area contributed by atoms with E-state index < -0.39 is 5.82 Å². The molecule has 0 radical (unpaired) electrons. The van der Waals surface area contributed by atoms with E-state index in [4.69, 9.17) is 5.21 Å². The molecule has 1 saturated heterocycles. The van der Waals surface area contributed by atoms with Gasteiger partial charge in [0.1, 0.15) is 5.82 Å². The standard InChI is InChI=1S/C15H19FN2O2/c1-3-11-9-18(7-6-14(11)17-20)15(19)12-5-4-10(2)8-13(12)16/h4-5,8,11,20H,3,6-7,9H2,1-2H3/b17-14+. The summed E-state index contributed by atoms with van der Waals surface area (Å²) in [6.07, 6.45) is 1.33. The van der Waals surface area contributed by atoms with E-state index in [1.165, 1.54) is 12.1 Å². The number of likely N-dealkylation sites (tertiary alicyclic amines) is 1. The van der Waals surface area contributed by atoms with Gasteiger partial charge in [-0.05, 0) is 31.0 Å². The lowest BCUT2D eigenvalue weighted by Gasteiger charge is -2.33. The summed E-state index contributed by atoms with van der Waals surface area (Å²) >= 11 is 0. The van der Waals surface area contributed by atoms with E-state index in [0.717, 1.165) is 17.7 Å². The maximum atomic E-state index is 13.9. The average molecular weight is 278 g/mol. The van der Waals surface area contributed by atoms with E-state index in [0.29, 0.717) is 19.5 Å². The zero-order chi connectivity index (χ0) is 14.7. The maximum absolute atomic E-state index is 13.9. The number of benzene rings is 1. The maximum Gasteiger partial charge on any atom is 0.256 e. The summed E-state index contributed by atoms with van der Waals surface area (Å²) in [6, 6.07) is 4.64. The Labute approximate surface area is 117 Å². The fraction of sp³-hybridized carbons (Fsp3) is 0.467. The Bertz CT molecular complexity index is 543. The number of piperidine rings is 1. The first kappa shape index (κ1) is 14.5. The van der Waals surface area contributed by atoms with Gasteiger partial charge in [0.25, 0.3) is 5.91 Å². The minimum Gasteiger partial charge on any atom is -0.411 e. The van der Waals surface area contributed by atoms with Crippen LogP contribution in [0.2, 0.25) is 0 Å². The average Bonchev–Trinajstić information content (AvgIpc) is 2.45. The first-order valence-corrected chi connectivity index (χ1v) is 6.83. The molecule has 1 unspecified atom stereocenters. The molecule has 0 bridgehead atoms. The van der Waals surface area contributed by atoms with Gasteiger partial charge in [-0.2, -0.15) is 0 Å². The zero-order valence-corrected chi connectivity index (χ0v) is 11.8.